The van der Waals surface area contributed by atoms with Gasteiger partial charge in [-0.05, 0) is 18.3 Å². The summed E-state index contributed by atoms with van der Waals surface area (Å²) in [5.41, 5.74) is 0.0282. The molecule has 0 aromatic rings. The molecule has 0 N–H and O–H groups in total. The van der Waals surface area contributed by atoms with E-state index in [0.29, 0.717) is 39.1 Å². The molecule has 1 rings (SSSR count). The van der Waals surface area contributed by atoms with Gasteiger partial charge in [-0.2, -0.15) is 4.99 Å². The summed E-state index contributed by atoms with van der Waals surface area (Å²) in [7, 11) is 1.29. The number of urea groups is 1. The van der Waals surface area contributed by atoms with E-state index in [-0.39, 0.29) is 11.1 Å². The van der Waals surface area contributed by atoms with Crippen LogP contribution in [0.5, 0.6) is 0 Å². The molecule has 118 valence electrons. The summed E-state index contributed by atoms with van der Waals surface area (Å²) >= 11 is 0. The largest absolute Gasteiger partial charge is 0.465 e. The van der Waals surface area contributed by atoms with E-state index in [1.165, 1.54) is 7.11 Å². The lowest BCUT2D eigenvalue weighted by Crippen LogP contribution is -2.40. The minimum Gasteiger partial charge on any atom is -0.465 e. The summed E-state index contributed by atoms with van der Waals surface area (Å²) in [6.45, 7) is 9.78. The Labute approximate surface area is 125 Å². The standard InChI is InChI=1S/C15H24N2O4/c1-5-15(2,3)7-6-12(13(18)20-4)16-14(19)17-8-10-21-11-9-17/h5H,1,6-11H2,2-4H3. The average molecular weight is 296 g/mol. The van der Waals surface area contributed by atoms with Crippen LogP contribution in [0.4, 0.5) is 4.79 Å². The molecule has 1 aliphatic heterocycles. The van der Waals surface area contributed by atoms with Gasteiger partial charge in [0.2, 0.25) is 0 Å². The molecule has 0 atom stereocenters. The van der Waals surface area contributed by atoms with Gasteiger partial charge >= 0.3 is 12.0 Å². The molecule has 0 aromatic heterocycles. The Morgan fingerprint density at radius 1 is 1.38 bits per heavy atom. The van der Waals surface area contributed by atoms with Crippen LogP contribution in [0.3, 0.4) is 0 Å². The lowest BCUT2D eigenvalue weighted by atomic mass is 9.87. The number of rotatable bonds is 5. The van der Waals surface area contributed by atoms with Crippen molar-refractivity contribution >= 4 is 17.7 Å². The highest BCUT2D eigenvalue weighted by Crippen LogP contribution is 2.23. The number of methoxy groups -OCH3 is 1. The number of hydrogen-bond acceptors (Lipinski definition) is 4. The first-order chi connectivity index (χ1) is 9.89. The summed E-state index contributed by atoms with van der Waals surface area (Å²) in [5.74, 6) is -0.559. The molecule has 0 bridgehead atoms. The lowest BCUT2D eigenvalue weighted by molar-refractivity contribution is -0.132. The number of esters is 1. The van der Waals surface area contributed by atoms with Crippen molar-refractivity contribution in [1.29, 1.82) is 0 Å². The van der Waals surface area contributed by atoms with E-state index < -0.39 is 12.0 Å². The normalized spacial score (nSPS) is 16.5. The molecule has 1 fully saturated rings. The van der Waals surface area contributed by atoms with Crippen molar-refractivity contribution in [3.05, 3.63) is 12.7 Å². The smallest absolute Gasteiger partial charge is 0.352 e. The van der Waals surface area contributed by atoms with Gasteiger partial charge in [-0.15, -0.1) is 6.58 Å². The van der Waals surface area contributed by atoms with Crippen molar-refractivity contribution < 1.29 is 19.1 Å². The monoisotopic (exact) mass is 296 g/mol. The number of carbonyl (C=O) groups is 2. The molecular formula is C15H24N2O4. The van der Waals surface area contributed by atoms with Gasteiger partial charge in [-0.1, -0.05) is 19.9 Å². The molecule has 6 nitrogen and oxygen atoms in total. The zero-order valence-electron chi connectivity index (χ0n) is 13.1. The Hall–Kier alpha value is -1.69. The summed E-state index contributed by atoms with van der Waals surface area (Å²) in [5, 5.41) is 0. The van der Waals surface area contributed by atoms with Gasteiger partial charge in [0.1, 0.15) is 5.71 Å². The molecule has 0 aliphatic carbocycles. The van der Waals surface area contributed by atoms with Gasteiger partial charge in [-0.25, -0.2) is 9.59 Å². The fourth-order valence-electron chi connectivity index (χ4n) is 1.80. The fraction of sp³-hybridized carbons (Fsp3) is 0.667. The Bertz CT molecular complexity index is 423. The van der Waals surface area contributed by atoms with E-state index in [1.807, 2.05) is 19.9 Å². The molecule has 1 saturated heterocycles. The van der Waals surface area contributed by atoms with Crippen molar-refractivity contribution in [1.82, 2.24) is 4.90 Å². The number of morpholine rings is 1. The molecule has 0 unspecified atom stereocenters. The summed E-state index contributed by atoms with van der Waals surface area (Å²) in [6.07, 6.45) is 2.87. The topological polar surface area (TPSA) is 68.2 Å². The quantitative estimate of drug-likeness (QED) is 0.442. The van der Waals surface area contributed by atoms with Gasteiger partial charge in [0, 0.05) is 13.1 Å². The third-order valence-electron chi connectivity index (χ3n) is 3.49. The van der Waals surface area contributed by atoms with Crippen LogP contribution in [-0.4, -0.2) is 56.0 Å². The van der Waals surface area contributed by atoms with Crippen LogP contribution >= 0.6 is 0 Å². The van der Waals surface area contributed by atoms with Gasteiger partial charge in [0.25, 0.3) is 0 Å². The number of nitrogens with zero attached hydrogens (tertiary/aromatic N) is 2. The summed E-state index contributed by atoms with van der Waals surface area (Å²) in [4.78, 5) is 29.4. The van der Waals surface area contributed by atoms with E-state index in [1.54, 1.807) is 4.90 Å². The van der Waals surface area contributed by atoms with Gasteiger partial charge < -0.3 is 14.4 Å². The number of carbonyl (C=O) groups excluding carboxylic acids is 2. The first kappa shape index (κ1) is 17.4. The third-order valence-corrected chi connectivity index (χ3v) is 3.49. The zero-order chi connectivity index (χ0) is 15.9. The molecule has 1 heterocycles. The van der Waals surface area contributed by atoms with Crippen molar-refractivity contribution in [3.8, 4) is 0 Å². The zero-order valence-corrected chi connectivity index (χ0v) is 13.1. The van der Waals surface area contributed by atoms with Gasteiger partial charge in [0.05, 0.1) is 20.3 Å². The second kappa shape index (κ2) is 7.93. The van der Waals surface area contributed by atoms with Crippen molar-refractivity contribution in [3.63, 3.8) is 0 Å². The Morgan fingerprint density at radius 3 is 2.52 bits per heavy atom. The molecule has 0 saturated carbocycles. The molecular weight excluding hydrogens is 272 g/mol. The van der Waals surface area contributed by atoms with Crippen LogP contribution in [0.2, 0.25) is 0 Å². The van der Waals surface area contributed by atoms with Gasteiger partial charge in [-0.3, -0.25) is 0 Å². The predicted octanol–water partition coefficient (Wildman–Crippen LogP) is 2.04. The predicted molar refractivity (Wildman–Crippen MR) is 80.5 cm³/mol. The third kappa shape index (κ3) is 5.67. The van der Waals surface area contributed by atoms with E-state index in [2.05, 4.69) is 11.6 Å². The molecule has 21 heavy (non-hydrogen) atoms. The number of aliphatic imine (C=N–C) groups is 1. The van der Waals surface area contributed by atoms with Crippen LogP contribution in [0, 0.1) is 5.41 Å². The van der Waals surface area contributed by atoms with Gasteiger partial charge in [0.15, 0.2) is 0 Å². The maximum absolute atomic E-state index is 12.1. The molecule has 1 aliphatic rings. The number of hydrogen-bond donors (Lipinski definition) is 0. The van der Waals surface area contributed by atoms with Crippen molar-refractivity contribution in [2.24, 2.45) is 10.4 Å². The maximum atomic E-state index is 12.1. The first-order valence-electron chi connectivity index (χ1n) is 7.06. The van der Waals surface area contributed by atoms with E-state index >= 15 is 0 Å². The maximum Gasteiger partial charge on any atom is 0.352 e. The Balaban J connectivity index is 2.76. The second-order valence-corrected chi connectivity index (χ2v) is 5.62. The second-order valence-electron chi connectivity index (χ2n) is 5.62. The average Bonchev–Trinajstić information content (AvgIpc) is 2.51. The molecule has 0 radical (unpaired) electrons. The van der Waals surface area contributed by atoms with Crippen LogP contribution in [-0.2, 0) is 14.3 Å². The van der Waals surface area contributed by atoms with E-state index in [9.17, 15) is 9.59 Å². The molecule has 0 spiro atoms. The van der Waals surface area contributed by atoms with Crippen LogP contribution < -0.4 is 0 Å². The first-order valence-corrected chi connectivity index (χ1v) is 7.06. The lowest BCUT2D eigenvalue weighted by Gasteiger charge is -2.25. The van der Waals surface area contributed by atoms with Crippen LogP contribution in [0.25, 0.3) is 0 Å². The minimum atomic E-state index is -0.559. The minimum absolute atomic E-state index is 0.128. The Morgan fingerprint density at radius 2 is 2.00 bits per heavy atom. The Kier molecular flexibility index (Phi) is 6.55. The van der Waals surface area contributed by atoms with Crippen LogP contribution in [0.15, 0.2) is 17.6 Å². The SMILES string of the molecule is C=CC(C)(C)CCC(=NC(=O)N1CCOCC1)C(=O)OC. The number of amides is 2. The molecule has 0 aromatic carbocycles. The number of ether oxygens (including phenoxy) is 2. The van der Waals surface area contributed by atoms with E-state index in [0.717, 1.165) is 0 Å². The summed E-state index contributed by atoms with van der Waals surface area (Å²) < 4.78 is 9.89. The number of allylic oxidation sites excluding steroid dienone is 1. The van der Waals surface area contributed by atoms with Crippen molar-refractivity contribution in [2.75, 3.05) is 33.4 Å². The molecule has 2 amide bonds. The fourth-order valence-corrected chi connectivity index (χ4v) is 1.80. The van der Waals surface area contributed by atoms with Crippen molar-refractivity contribution in [2.45, 2.75) is 26.7 Å². The highest BCUT2D eigenvalue weighted by Gasteiger charge is 2.22. The molecule has 6 heteroatoms. The van der Waals surface area contributed by atoms with E-state index in [4.69, 9.17) is 9.47 Å². The summed E-state index contributed by atoms with van der Waals surface area (Å²) in [6, 6.07) is -0.407. The highest BCUT2D eigenvalue weighted by atomic mass is 16.5. The highest BCUT2D eigenvalue weighted by molar-refractivity contribution is 6.38. The van der Waals surface area contributed by atoms with Crippen LogP contribution in [0.1, 0.15) is 26.7 Å².